The van der Waals surface area contributed by atoms with Crippen molar-refractivity contribution in [3.05, 3.63) is 0 Å². The van der Waals surface area contributed by atoms with Gasteiger partial charge in [-0.2, -0.15) is 8.42 Å². The summed E-state index contributed by atoms with van der Waals surface area (Å²) < 4.78 is 29.7. The van der Waals surface area contributed by atoms with Crippen molar-refractivity contribution >= 4 is 10.1 Å². The van der Waals surface area contributed by atoms with Crippen molar-refractivity contribution in [3.8, 4) is 0 Å². The van der Waals surface area contributed by atoms with Crippen LogP contribution in [-0.2, 0) is 10.1 Å². The zero-order chi connectivity index (χ0) is 8.48. The van der Waals surface area contributed by atoms with Gasteiger partial charge in [0.05, 0.1) is 6.10 Å². The lowest BCUT2D eigenvalue weighted by molar-refractivity contribution is 0.137. The third-order valence-corrected chi connectivity index (χ3v) is 3.02. The molecule has 1 saturated heterocycles. The molecule has 0 spiro atoms. The minimum absolute atomic E-state index is 0.125. The van der Waals surface area contributed by atoms with E-state index in [4.69, 9.17) is 9.66 Å². The van der Waals surface area contributed by atoms with Crippen molar-refractivity contribution in [2.45, 2.75) is 17.8 Å². The molecule has 0 aromatic carbocycles. The van der Waals surface area contributed by atoms with Crippen LogP contribution < -0.4 is 5.32 Å². The van der Waals surface area contributed by atoms with E-state index in [1.54, 1.807) is 0 Å². The maximum atomic E-state index is 10.6. The molecule has 0 unspecified atom stereocenters. The van der Waals surface area contributed by atoms with Crippen LogP contribution in [0.4, 0.5) is 0 Å². The molecule has 0 radical (unpaired) electrons. The molecule has 0 aromatic heterocycles. The summed E-state index contributed by atoms with van der Waals surface area (Å²) in [7, 11) is -4.09. The van der Waals surface area contributed by atoms with Crippen LogP contribution in [0, 0.1) is 0 Å². The smallest absolute Gasteiger partial charge is 0.271 e. The third-order valence-electron chi connectivity index (χ3n) is 1.77. The summed E-state index contributed by atoms with van der Waals surface area (Å²) in [6, 6.07) is 0. The highest BCUT2D eigenvalue weighted by atomic mass is 32.2. The fourth-order valence-electron chi connectivity index (χ4n) is 1.12. The zero-order valence-electron chi connectivity index (χ0n) is 5.90. The van der Waals surface area contributed by atoms with Gasteiger partial charge in [0, 0.05) is 6.54 Å². The highest BCUT2D eigenvalue weighted by Crippen LogP contribution is 2.10. The van der Waals surface area contributed by atoms with Crippen LogP contribution in [-0.4, -0.2) is 42.5 Å². The lowest BCUT2D eigenvalue weighted by atomic mass is 10.1. The summed E-state index contributed by atoms with van der Waals surface area (Å²) in [4.78, 5) is 0. The van der Waals surface area contributed by atoms with E-state index in [2.05, 4.69) is 5.32 Å². The lowest BCUT2D eigenvalue weighted by Crippen LogP contribution is -2.48. The number of hydrogen-bond donors (Lipinski definition) is 3. The van der Waals surface area contributed by atoms with E-state index in [-0.39, 0.29) is 6.54 Å². The Hall–Kier alpha value is -0.170. The number of aliphatic hydroxyl groups excluding tert-OH is 1. The van der Waals surface area contributed by atoms with Crippen molar-refractivity contribution in [1.82, 2.24) is 5.32 Å². The summed E-state index contributed by atoms with van der Waals surface area (Å²) in [6.07, 6.45) is -0.573. The molecule has 0 amide bonds. The topological polar surface area (TPSA) is 86.6 Å². The van der Waals surface area contributed by atoms with Crippen molar-refractivity contribution in [2.24, 2.45) is 0 Å². The normalized spacial score (nSPS) is 33.6. The van der Waals surface area contributed by atoms with E-state index < -0.39 is 21.5 Å². The fraction of sp³-hybridized carbons (Fsp3) is 1.00. The number of nitrogens with one attached hydrogen (secondary N) is 1. The highest BCUT2D eigenvalue weighted by molar-refractivity contribution is 7.86. The SMILES string of the molecule is O=S(=O)(O)[C@H]1CNCC[C@@H]1O. The van der Waals surface area contributed by atoms with Crippen LogP contribution >= 0.6 is 0 Å². The average molecular weight is 181 g/mol. The molecule has 66 valence electrons. The molecule has 0 aliphatic carbocycles. The molecule has 3 N–H and O–H groups in total. The second-order valence-corrected chi connectivity index (χ2v) is 4.25. The Bertz CT molecular complexity index is 225. The standard InChI is InChI=1S/C5H11NO4S/c7-4-1-2-6-3-5(4)11(8,9)10/h4-7H,1-3H2,(H,8,9,10)/t4-,5-/m0/s1. The summed E-state index contributed by atoms with van der Waals surface area (Å²) in [5, 5.41) is 10.8. The van der Waals surface area contributed by atoms with Crippen LogP contribution in [0.5, 0.6) is 0 Å². The predicted molar refractivity (Wildman–Crippen MR) is 38.8 cm³/mol. The largest absolute Gasteiger partial charge is 0.392 e. The first kappa shape index (κ1) is 8.92. The molecule has 1 aliphatic heterocycles. The molecule has 1 heterocycles. The van der Waals surface area contributed by atoms with Gasteiger partial charge in [-0.15, -0.1) is 0 Å². The van der Waals surface area contributed by atoms with Crippen LogP contribution in [0.3, 0.4) is 0 Å². The number of rotatable bonds is 1. The molecule has 1 aliphatic rings. The van der Waals surface area contributed by atoms with Crippen LogP contribution in [0.25, 0.3) is 0 Å². The molecule has 0 aromatic rings. The molecule has 6 heteroatoms. The maximum Gasteiger partial charge on any atom is 0.271 e. The van der Waals surface area contributed by atoms with E-state index in [0.29, 0.717) is 13.0 Å². The molecular weight excluding hydrogens is 170 g/mol. The van der Waals surface area contributed by atoms with Gasteiger partial charge in [-0.25, -0.2) is 0 Å². The Kier molecular flexibility index (Phi) is 2.48. The maximum absolute atomic E-state index is 10.6. The van der Waals surface area contributed by atoms with Crippen molar-refractivity contribution in [1.29, 1.82) is 0 Å². The van der Waals surface area contributed by atoms with Gasteiger partial charge in [0.25, 0.3) is 10.1 Å². The molecule has 0 saturated carbocycles. The fourth-order valence-corrected chi connectivity index (χ4v) is 1.98. The van der Waals surface area contributed by atoms with Gasteiger partial charge in [0.1, 0.15) is 5.25 Å². The van der Waals surface area contributed by atoms with E-state index in [1.807, 2.05) is 0 Å². The summed E-state index contributed by atoms with van der Waals surface area (Å²) in [5.74, 6) is 0. The second-order valence-electron chi connectivity index (χ2n) is 2.61. The zero-order valence-corrected chi connectivity index (χ0v) is 6.71. The average Bonchev–Trinajstić information content (AvgIpc) is 1.86. The Morgan fingerprint density at radius 1 is 1.45 bits per heavy atom. The van der Waals surface area contributed by atoms with E-state index in [9.17, 15) is 8.42 Å². The Morgan fingerprint density at radius 3 is 2.45 bits per heavy atom. The van der Waals surface area contributed by atoms with Gasteiger partial charge in [0.15, 0.2) is 0 Å². The number of hydrogen-bond acceptors (Lipinski definition) is 4. The van der Waals surface area contributed by atoms with Crippen LogP contribution in [0.1, 0.15) is 6.42 Å². The Morgan fingerprint density at radius 2 is 2.09 bits per heavy atom. The van der Waals surface area contributed by atoms with Crippen molar-refractivity contribution in [3.63, 3.8) is 0 Å². The van der Waals surface area contributed by atoms with Gasteiger partial charge >= 0.3 is 0 Å². The van der Waals surface area contributed by atoms with Crippen LogP contribution in [0.2, 0.25) is 0 Å². The molecule has 2 atom stereocenters. The molecular formula is C5H11NO4S. The first-order chi connectivity index (χ1) is 5.02. The molecule has 11 heavy (non-hydrogen) atoms. The molecule has 1 rings (SSSR count). The first-order valence-electron chi connectivity index (χ1n) is 3.37. The number of piperidine rings is 1. The van der Waals surface area contributed by atoms with Crippen molar-refractivity contribution < 1.29 is 18.1 Å². The lowest BCUT2D eigenvalue weighted by Gasteiger charge is -2.25. The quantitative estimate of drug-likeness (QED) is 0.433. The number of aliphatic hydroxyl groups is 1. The molecule has 0 bridgehead atoms. The molecule has 1 fully saturated rings. The third kappa shape index (κ3) is 2.13. The summed E-state index contributed by atoms with van der Waals surface area (Å²) in [6.45, 7) is 0.715. The Labute approximate surface area is 65.2 Å². The highest BCUT2D eigenvalue weighted by Gasteiger charge is 2.32. The van der Waals surface area contributed by atoms with Gasteiger partial charge in [-0.3, -0.25) is 4.55 Å². The minimum atomic E-state index is -4.09. The predicted octanol–water partition coefficient (Wildman–Crippen LogP) is -1.40. The van der Waals surface area contributed by atoms with E-state index in [1.165, 1.54) is 0 Å². The second kappa shape index (κ2) is 3.06. The summed E-state index contributed by atoms with van der Waals surface area (Å²) in [5.41, 5.74) is 0. The van der Waals surface area contributed by atoms with Crippen molar-refractivity contribution in [2.75, 3.05) is 13.1 Å². The van der Waals surface area contributed by atoms with Crippen LogP contribution in [0.15, 0.2) is 0 Å². The minimum Gasteiger partial charge on any atom is -0.392 e. The van der Waals surface area contributed by atoms with Gasteiger partial charge in [0.2, 0.25) is 0 Å². The van der Waals surface area contributed by atoms with Gasteiger partial charge < -0.3 is 10.4 Å². The first-order valence-corrected chi connectivity index (χ1v) is 4.87. The van der Waals surface area contributed by atoms with E-state index in [0.717, 1.165) is 0 Å². The van der Waals surface area contributed by atoms with E-state index >= 15 is 0 Å². The summed E-state index contributed by atoms with van der Waals surface area (Å²) >= 11 is 0. The molecule has 5 nitrogen and oxygen atoms in total. The van der Waals surface area contributed by atoms with Gasteiger partial charge in [-0.1, -0.05) is 0 Å². The Balaban J connectivity index is 2.70. The van der Waals surface area contributed by atoms with Gasteiger partial charge in [-0.05, 0) is 13.0 Å². The monoisotopic (exact) mass is 181 g/mol.